The molecule has 0 radical (unpaired) electrons. The highest BCUT2D eigenvalue weighted by molar-refractivity contribution is 7.92. The summed E-state index contributed by atoms with van der Waals surface area (Å²) < 4.78 is 36.8. The maximum atomic E-state index is 12.5. The predicted molar refractivity (Wildman–Crippen MR) is 106 cm³/mol. The van der Waals surface area contributed by atoms with Crippen LogP contribution in [0.25, 0.3) is 0 Å². The van der Waals surface area contributed by atoms with Crippen molar-refractivity contribution in [3.05, 3.63) is 18.2 Å². The maximum absolute atomic E-state index is 12.5. The Morgan fingerprint density at radius 1 is 1.22 bits per heavy atom. The third-order valence-electron chi connectivity index (χ3n) is 4.76. The number of carbonyl (C=O) groups is 1. The van der Waals surface area contributed by atoms with Crippen LogP contribution in [0.5, 0.6) is 11.5 Å². The van der Waals surface area contributed by atoms with Gasteiger partial charge in [-0.2, -0.15) is 0 Å². The van der Waals surface area contributed by atoms with Crippen LogP contribution < -0.4 is 19.1 Å². The number of nitrogens with zero attached hydrogens (tertiary/aromatic N) is 1. The highest BCUT2D eigenvalue weighted by Crippen LogP contribution is 2.36. The zero-order chi connectivity index (χ0) is 19.9. The van der Waals surface area contributed by atoms with Gasteiger partial charge in [0, 0.05) is 12.6 Å². The number of sulfonamides is 1. The number of nitrogens with one attached hydrogen (secondary N) is 1. The van der Waals surface area contributed by atoms with Crippen molar-refractivity contribution < 1.29 is 22.7 Å². The summed E-state index contributed by atoms with van der Waals surface area (Å²) in [7, 11) is -3.61. The van der Waals surface area contributed by atoms with E-state index in [2.05, 4.69) is 19.2 Å². The van der Waals surface area contributed by atoms with Crippen molar-refractivity contribution in [3.63, 3.8) is 0 Å². The monoisotopic (exact) mass is 398 g/mol. The normalized spacial score (nSPS) is 14.0. The highest BCUT2D eigenvalue weighted by atomic mass is 32.2. The van der Waals surface area contributed by atoms with Gasteiger partial charge < -0.3 is 14.8 Å². The van der Waals surface area contributed by atoms with E-state index >= 15 is 0 Å². The smallest absolute Gasteiger partial charge is 0.240 e. The van der Waals surface area contributed by atoms with Crippen molar-refractivity contribution in [2.45, 2.75) is 46.5 Å². The molecule has 0 bridgehead atoms. The standard InChI is InChI=1S/C19H30N2O5S/c1-4-7-8-15(5-2)12-20-19(22)13-21(27(23,24)6-3)16-9-10-17-18(11-16)26-14-25-17/h9-11,15H,4-8,12-14H2,1-3H3,(H,20,22)/t15-/m0/s1. The molecule has 7 nitrogen and oxygen atoms in total. The van der Waals surface area contributed by atoms with Gasteiger partial charge in [-0.1, -0.05) is 33.1 Å². The van der Waals surface area contributed by atoms with Gasteiger partial charge in [-0.05, 0) is 31.4 Å². The molecule has 1 amide bonds. The number of anilines is 1. The third kappa shape index (κ3) is 5.76. The zero-order valence-electron chi connectivity index (χ0n) is 16.4. The molecule has 27 heavy (non-hydrogen) atoms. The van der Waals surface area contributed by atoms with E-state index in [1.807, 2.05) is 0 Å². The van der Waals surface area contributed by atoms with Crippen molar-refractivity contribution in [1.82, 2.24) is 5.32 Å². The van der Waals surface area contributed by atoms with Gasteiger partial charge in [0.1, 0.15) is 6.54 Å². The Labute approximate surface area is 162 Å². The van der Waals surface area contributed by atoms with Crippen molar-refractivity contribution in [2.24, 2.45) is 5.92 Å². The number of ether oxygens (including phenoxy) is 2. The molecule has 0 saturated heterocycles. The Bertz CT molecular complexity index is 736. The van der Waals surface area contributed by atoms with Crippen molar-refractivity contribution in [1.29, 1.82) is 0 Å². The van der Waals surface area contributed by atoms with E-state index in [0.29, 0.717) is 29.6 Å². The lowest BCUT2D eigenvalue weighted by atomic mass is 9.99. The average Bonchev–Trinajstić information content (AvgIpc) is 3.13. The summed E-state index contributed by atoms with van der Waals surface area (Å²) in [5.74, 6) is 1.06. The SMILES string of the molecule is CCCC[C@H](CC)CNC(=O)CN(c1ccc2c(c1)OCO2)S(=O)(=O)CC. The third-order valence-corrected chi connectivity index (χ3v) is 6.50. The number of fused-ring (bicyclic) bond motifs is 1. The molecule has 152 valence electrons. The van der Waals surface area contributed by atoms with Crippen LogP contribution in [-0.2, 0) is 14.8 Å². The number of carbonyl (C=O) groups excluding carboxylic acids is 1. The Balaban J connectivity index is 2.08. The second-order valence-electron chi connectivity index (χ2n) is 6.67. The average molecular weight is 399 g/mol. The number of unbranched alkanes of at least 4 members (excludes halogenated alkanes) is 1. The Kier molecular flexibility index (Phi) is 7.77. The molecule has 0 saturated carbocycles. The molecule has 1 atom stereocenters. The van der Waals surface area contributed by atoms with Crippen molar-refractivity contribution in [2.75, 3.05) is 29.9 Å². The highest BCUT2D eigenvalue weighted by Gasteiger charge is 2.26. The Morgan fingerprint density at radius 2 is 1.96 bits per heavy atom. The second kappa shape index (κ2) is 9.82. The van der Waals surface area contributed by atoms with Crippen LogP contribution in [0.2, 0.25) is 0 Å². The topological polar surface area (TPSA) is 84.9 Å². The van der Waals surface area contributed by atoms with Crippen LogP contribution in [0, 0.1) is 5.92 Å². The molecular weight excluding hydrogens is 368 g/mol. The van der Waals surface area contributed by atoms with Gasteiger partial charge in [-0.3, -0.25) is 9.10 Å². The van der Waals surface area contributed by atoms with E-state index in [1.54, 1.807) is 25.1 Å². The molecule has 0 fully saturated rings. The van der Waals surface area contributed by atoms with Crippen molar-refractivity contribution in [3.8, 4) is 11.5 Å². The lowest BCUT2D eigenvalue weighted by Gasteiger charge is -2.24. The number of benzene rings is 1. The summed E-state index contributed by atoms with van der Waals surface area (Å²) in [5.41, 5.74) is 0.397. The molecule has 1 N–H and O–H groups in total. The summed E-state index contributed by atoms with van der Waals surface area (Å²) in [5, 5.41) is 2.89. The fraction of sp³-hybridized carbons (Fsp3) is 0.632. The largest absolute Gasteiger partial charge is 0.454 e. The summed E-state index contributed by atoms with van der Waals surface area (Å²) in [4.78, 5) is 12.4. The number of hydrogen-bond acceptors (Lipinski definition) is 5. The van der Waals surface area contributed by atoms with Gasteiger partial charge in [0.2, 0.25) is 22.7 Å². The van der Waals surface area contributed by atoms with E-state index in [9.17, 15) is 13.2 Å². The summed E-state index contributed by atoms with van der Waals surface area (Å²) in [6.45, 7) is 6.23. The molecule has 0 unspecified atom stereocenters. The number of amides is 1. The van der Waals surface area contributed by atoms with E-state index in [1.165, 1.54) is 0 Å². The molecule has 1 aromatic rings. The van der Waals surface area contributed by atoms with Crippen molar-refractivity contribution >= 4 is 21.6 Å². The minimum absolute atomic E-state index is 0.0944. The Morgan fingerprint density at radius 3 is 2.63 bits per heavy atom. The molecule has 2 rings (SSSR count). The number of hydrogen-bond donors (Lipinski definition) is 1. The van der Waals surface area contributed by atoms with Gasteiger partial charge >= 0.3 is 0 Å². The van der Waals surface area contributed by atoms with Crippen LogP contribution in [0.4, 0.5) is 5.69 Å². The molecule has 1 aliphatic heterocycles. The van der Waals surface area contributed by atoms with Crippen LogP contribution in [0.1, 0.15) is 46.5 Å². The van der Waals surface area contributed by atoms with Gasteiger partial charge in [0.25, 0.3) is 0 Å². The molecule has 0 aliphatic carbocycles. The minimum Gasteiger partial charge on any atom is -0.454 e. The fourth-order valence-electron chi connectivity index (χ4n) is 2.93. The van der Waals surface area contributed by atoms with E-state index < -0.39 is 10.0 Å². The first kappa shape index (κ1) is 21.3. The van der Waals surface area contributed by atoms with Crippen LogP contribution in [-0.4, -0.2) is 40.0 Å². The lowest BCUT2D eigenvalue weighted by molar-refractivity contribution is -0.119. The first-order valence-electron chi connectivity index (χ1n) is 9.58. The summed E-state index contributed by atoms with van der Waals surface area (Å²) in [6, 6.07) is 4.88. The van der Waals surface area contributed by atoms with Gasteiger partial charge in [0.05, 0.1) is 11.4 Å². The molecule has 1 aliphatic rings. The van der Waals surface area contributed by atoms with Crippen LogP contribution >= 0.6 is 0 Å². The molecule has 0 aromatic heterocycles. The van der Waals surface area contributed by atoms with Gasteiger partial charge in [-0.15, -0.1) is 0 Å². The van der Waals surface area contributed by atoms with Gasteiger partial charge in [0.15, 0.2) is 11.5 Å². The molecule has 1 heterocycles. The lowest BCUT2D eigenvalue weighted by Crippen LogP contribution is -2.42. The summed E-state index contributed by atoms with van der Waals surface area (Å²) >= 11 is 0. The molecule has 1 aromatic carbocycles. The second-order valence-corrected chi connectivity index (χ2v) is 8.85. The first-order chi connectivity index (χ1) is 12.9. The first-order valence-corrected chi connectivity index (χ1v) is 11.2. The summed E-state index contributed by atoms with van der Waals surface area (Å²) in [6.07, 6.45) is 4.30. The predicted octanol–water partition coefficient (Wildman–Crippen LogP) is 2.90. The quantitative estimate of drug-likeness (QED) is 0.619. The van der Waals surface area contributed by atoms with E-state index in [-0.39, 0.29) is 25.0 Å². The van der Waals surface area contributed by atoms with Gasteiger partial charge in [-0.25, -0.2) is 8.42 Å². The maximum Gasteiger partial charge on any atom is 0.240 e. The molecule has 8 heteroatoms. The molecular formula is C19H30N2O5S. The number of rotatable bonds is 11. The zero-order valence-corrected chi connectivity index (χ0v) is 17.2. The van der Waals surface area contributed by atoms with Crippen LogP contribution in [0.15, 0.2) is 18.2 Å². The van der Waals surface area contributed by atoms with E-state index in [0.717, 1.165) is 30.0 Å². The van der Waals surface area contributed by atoms with Crippen LogP contribution in [0.3, 0.4) is 0 Å². The van der Waals surface area contributed by atoms with E-state index in [4.69, 9.17) is 9.47 Å². The minimum atomic E-state index is -3.61. The fourth-order valence-corrected chi connectivity index (χ4v) is 3.99. The Hall–Kier alpha value is -1.96. The molecule has 0 spiro atoms.